The molecule has 2 heterocycles. The Bertz CT molecular complexity index is 516. The van der Waals surface area contributed by atoms with E-state index >= 15 is 0 Å². The minimum absolute atomic E-state index is 0.0417. The van der Waals surface area contributed by atoms with Gasteiger partial charge in [-0.25, -0.2) is 0 Å². The van der Waals surface area contributed by atoms with Gasteiger partial charge in [-0.15, -0.1) is 0 Å². The van der Waals surface area contributed by atoms with Gasteiger partial charge < -0.3 is 10.2 Å². The SMILES string of the molecule is CCC(C)C1C(=O)NCC(=O)N1Cc1ncccc1C. The summed E-state index contributed by atoms with van der Waals surface area (Å²) in [5, 5.41) is 2.68. The number of nitrogens with zero attached hydrogens (tertiary/aromatic N) is 2. The molecule has 2 rings (SSSR count). The molecule has 20 heavy (non-hydrogen) atoms. The lowest BCUT2D eigenvalue weighted by Gasteiger charge is -2.38. The average molecular weight is 275 g/mol. The van der Waals surface area contributed by atoms with Gasteiger partial charge in [0.25, 0.3) is 0 Å². The van der Waals surface area contributed by atoms with Crippen molar-refractivity contribution in [2.75, 3.05) is 6.54 Å². The maximum absolute atomic E-state index is 12.2. The summed E-state index contributed by atoms with van der Waals surface area (Å²) in [6.07, 6.45) is 2.57. The van der Waals surface area contributed by atoms with E-state index in [4.69, 9.17) is 0 Å². The molecule has 5 nitrogen and oxygen atoms in total. The van der Waals surface area contributed by atoms with Gasteiger partial charge in [-0.2, -0.15) is 0 Å². The molecule has 5 heteroatoms. The summed E-state index contributed by atoms with van der Waals surface area (Å²) >= 11 is 0. The first-order valence-electron chi connectivity index (χ1n) is 7.02. The molecule has 2 amide bonds. The van der Waals surface area contributed by atoms with Crippen molar-refractivity contribution in [1.82, 2.24) is 15.2 Å². The molecule has 2 atom stereocenters. The first-order chi connectivity index (χ1) is 9.54. The van der Waals surface area contributed by atoms with Crippen molar-refractivity contribution in [2.24, 2.45) is 5.92 Å². The fourth-order valence-corrected chi connectivity index (χ4v) is 2.49. The van der Waals surface area contributed by atoms with Crippen LogP contribution >= 0.6 is 0 Å². The van der Waals surface area contributed by atoms with Crippen LogP contribution in [0.3, 0.4) is 0 Å². The van der Waals surface area contributed by atoms with E-state index in [1.54, 1.807) is 11.1 Å². The van der Waals surface area contributed by atoms with Gasteiger partial charge >= 0.3 is 0 Å². The van der Waals surface area contributed by atoms with Gasteiger partial charge in [-0.1, -0.05) is 26.3 Å². The quantitative estimate of drug-likeness (QED) is 0.900. The molecule has 0 saturated carbocycles. The second-order valence-corrected chi connectivity index (χ2v) is 5.34. The molecule has 1 fully saturated rings. The molecule has 1 aliphatic rings. The normalized spacial score (nSPS) is 20.8. The van der Waals surface area contributed by atoms with Crippen LogP contribution in [-0.2, 0) is 16.1 Å². The lowest BCUT2D eigenvalue weighted by Crippen LogP contribution is -2.60. The lowest BCUT2D eigenvalue weighted by molar-refractivity contribution is -0.148. The van der Waals surface area contributed by atoms with Crippen molar-refractivity contribution in [3.05, 3.63) is 29.6 Å². The zero-order chi connectivity index (χ0) is 14.7. The molecule has 0 spiro atoms. The number of aromatic nitrogens is 1. The molecule has 1 aromatic rings. The van der Waals surface area contributed by atoms with Crippen molar-refractivity contribution < 1.29 is 9.59 Å². The molecular weight excluding hydrogens is 254 g/mol. The van der Waals surface area contributed by atoms with E-state index in [0.29, 0.717) is 6.54 Å². The van der Waals surface area contributed by atoms with Crippen molar-refractivity contribution in [3.63, 3.8) is 0 Å². The lowest BCUT2D eigenvalue weighted by atomic mass is 9.94. The number of nitrogens with one attached hydrogen (secondary N) is 1. The fraction of sp³-hybridized carbons (Fsp3) is 0.533. The van der Waals surface area contributed by atoms with Crippen molar-refractivity contribution in [1.29, 1.82) is 0 Å². The van der Waals surface area contributed by atoms with Crippen LogP contribution in [0.15, 0.2) is 18.3 Å². The summed E-state index contributed by atoms with van der Waals surface area (Å²) in [6.45, 7) is 6.48. The van der Waals surface area contributed by atoms with E-state index in [2.05, 4.69) is 10.3 Å². The van der Waals surface area contributed by atoms with Crippen molar-refractivity contribution in [2.45, 2.75) is 39.8 Å². The van der Waals surface area contributed by atoms with Crippen LogP contribution < -0.4 is 5.32 Å². The van der Waals surface area contributed by atoms with Gasteiger partial charge in [-0.3, -0.25) is 14.6 Å². The van der Waals surface area contributed by atoms with Gasteiger partial charge in [-0.05, 0) is 24.5 Å². The van der Waals surface area contributed by atoms with Crippen molar-refractivity contribution >= 4 is 11.8 Å². The molecule has 1 N–H and O–H groups in total. The molecule has 0 aliphatic carbocycles. The van der Waals surface area contributed by atoms with Crippen LogP contribution in [0.5, 0.6) is 0 Å². The number of carbonyl (C=O) groups is 2. The highest BCUT2D eigenvalue weighted by molar-refractivity contribution is 5.94. The molecule has 2 unspecified atom stereocenters. The van der Waals surface area contributed by atoms with Gasteiger partial charge in [0.05, 0.1) is 18.8 Å². The second-order valence-electron chi connectivity index (χ2n) is 5.34. The van der Waals surface area contributed by atoms with E-state index in [9.17, 15) is 9.59 Å². The van der Waals surface area contributed by atoms with Crippen LogP contribution in [-0.4, -0.2) is 34.3 Å². The fourth-order valence-electron chi connectivity index (χ4n) is 2.49. The van der Waals surface area contributed by atoms with Crippen LogP contribution in [0.2, 0.25) is 0 Å². The molecule has 108 valence electrons. The minimum atomic E-state index is -0.400. The number of pyridine rings is 1. The Morgan fingerprint density at radius 3 is 2.90 bits per heavy atom. The third kappa shape index (κ3) is 2.81. The predicted octanol–water partition coefficient (Wildman–Crippen LogP) is 1.26. The van der Waals surface area contributed by atoms with Gasteiger partial charge in [0.2, 0.25) is 11.8 Å². The Labute approximate surface area is 119 Å². The topological polar surface area (TPSA) is 62.3 Å². The summed E-state index contributed by atoms with van der Waals surface area (Å²) in [4.78, 5) is 30.3. The van der Waals surface area contributed by atoms with Crippen LogP contribution in [0.4, 0.5) is 0 Å². The molecular formula is C15H21N3O2. The molecule has 0 bridgehead atoms. The Hall–Kier alpha value is -1.91. The second kappa shape index (κ2) is 6.03. The molecule has 0 aromatic carbocycles. The smallest absolute Gasteiger partial charge is 0.243 e. The molecule has 1 aromatic heterocycles. The number of amides is 2. The minimum Gasteiger partial charge on any atom is -0.345 e. The maximum atomic E-state index is 12.2. The summed E-state index contributed by atoms with van der Waals surface area (Å²) in [5.41, 5.74) is 1.89. The Morgan fingerprint density at radius 2 is 2.25 bits per heavy atom. The molecule has 1 aliphatic heterocycles. The van der Waals surface area contributed by atoms with E-state index in [0.717, 1.165) is 17.7 Å². The Kier molecular flexibility index (Phi) is 4.37. The Balaban J connectivity index is 2.27. The van der Waals surface area contributed by atoms with Crippen LogP contribution in [0.25, 0.3) is 0 Å². The molecule has 1 saturated heterocycles. The zero-order valence-corrected chi connectivity index (χ0v) is 12.2. The monoisotopic (exact) mass is 275 g/mol. The summed E-state index contributed by atoms with van der Waals surface area (Å²) < 4.78 is 0. The van der Waals surface area contributed by atoms with Gasteiger partial charge in [0, 0.05) is 6.20 Å². The summed E-state index contributed by atoms with van der Waals surface area (Å²) in [5.74, 6) is 0.0238. The van der Waals surface area contributed by atoms with Crippen LogP contribution in [0.1, 0.15) is 31.5 Å². The van der Waals surface area contributed by atoms with E-state index < -0.39 is 6.04 Å². The highest BCUT2D eigenvalue weighted by atomic mass is 16.2. The first kappa shape index (κ1) is 14.5. The first-order valence-corrected chi connectivity index (χ1v) is 7.02. The van der Waals surface area contributed by atoms with Gasteiger partial charge in [0.1, 0.15) is 6.04 Å². The summed E-state index contributed by atoms with van der Waals surface area (Å²) in [6, 6.07) is 3.44. The highest BCUT2D eigenvalue weighted by Crippen LogP contribution is 2.20. The maximum Gasteiger partial charge on any atom is 0.243 e. The van der Waals surface area contributed by atoms with Crippen LogP contribution in [0, 0.1) is 12.8 Å². The number of carbonyl (C=O) groups excluding carboxylic acids is 2. The number of hydrogen-bond donors (Lipinski definition) is 1. The van der Waals surface area contributed by atoms with E-state index in [-0.39, 0.29) is 24.3 Å². The third-order valence-electron chi connectivity index (χ3n) is 3.96. The summed E-state index contributed by atoms with van der Waals surface area (Å²) in [7, 11) is 0. The predicted molar refractivity (Wildman–Crippen MR) is 75.8 cm³/mol. The zero-order valence-electron chi connectivity index (χ0n) is 12.2. The molecule has 0 radical (unpaired) electrons. The number of hydrogen-bond acceptors (Lipinski definition) is 3. The highest BCUT2D eigenvalue weighted by Gasteiger charge is 2.37. The van der Waals surface area contributed by atoms with Crippen molar-refractivity contribution in [3.8, 4) is 0 Å². The number of piperazine rings is 1. The van der Waals surface area contributed by atoms with E-state index in [1.807, 2.05) is 32.9 Å². The largest absolute Gasteiger partial charge is 0.345 e. The number of rotatable bonds is 4. The Morgan fingerprint density at radius 1 is 1.50 bits per heavy atom. The van der Waals surface area contributed by atoms with E-state index in [1.165, 1.54) is 0 Å². The van der Waals surface area contributed by atoms with Gasteiger partial charge in [0.15, 0.2) is 0 Å². The standard InChI is InChI=1S/C15H21N3O2/c1-4-10(2)14-15(20)17-8-13(19)18(14)9-12-11(3)6-5-7-16-12/h5-7,10,14H,4,8-9H2,1-3H3,(H,17,20). The number of aryl methyl sites for hydroxylation is 1. The average Bonchev–Trinajstić information content (AvgIpc) is 2.44. The third-order valence-corrected chi connectivity index (χ3v) is 3.96.